The number of rotatable bonds is 10. The summed E-state index contributed by atoms with van der Waals surface area (Å²) in [4.78, 5) is 11.1. The van der Waals surface area contributed by atoms with Crippen molar-refractivity contribution in [3.05, 3.63) is 76.6 Å². The fourth-order valence-electron chi connectivity index (χ4n) is 6.00. The number of carboxylic acids is 1. The topological polar surface area (TPSA) is 116 Å². The molecule has 0 unspecified atom stereocenters. The van der Waals surface area contributed by atoms with E-state index >= 15 is 4.39 Å². The Morgan fingerprint density at radius 3 is 2.67 bits per heavy atom. The fourth-order valence-corrected chi connectivity index (χ4v) is 6.00. The van der Waals surface area contributed by atoms with Gasteiger partial charge >= 0.3 is 5.97 Å². The van der Waals surface area contributed by atoms with Gasteiger partial charge in [0.2, 0.25) is 0 Å². The van der Waals surface area contributed by atoms with Crippen molar-refractivity contribution in [2.75, 3.05) is 33.5 Å². The van der Waals surface area contributed by atoms with Gasteiger partial charge in [0.25, 0.3) is 0 Å². The smallest absolute Gasteiger partial charge is 0.304 e. The zero-order chi connectivity index (χ0) is 30.0. The fraction of sp³-hybridized carbons (Fsp3) is 0.394. The number of hydrogen-bond acceptors (Lipinski definition) is 8. The number of benzene rings is 3. The summed E-state index contributed by atoms with van der Waals surface area (Å²) in [7, 11) is 1.66. The van der Waals surface area contributed by atoms with Crippen LogP contribution in [-0.4, -0.2) is 50.2 Å². The van der Waals surface area contributed by atoms with Gasteiger partial charge in [-0.3, -0.25) is 4.79 Å². The van der Waals surface area contributed by atoms with Gasteiger partial charge in [-0.15, -0.1) is 0 Å². The summed E-state index contributed by atoms with van der Waals surface area (Å²) in [5.41, 5.74) is 1.84. The third-order valence-electron chi connectivity index (χ3n) is 8.43. The Labute approximate surface area is 248 Å². The number of carboxylic acid groups (broad SMARTS) is 1. The molecule has 1 saturated heterocycles. The molecule has 43 heavy (non-hydrogen) atoms. The number of nitriles is 1. The van der Waals surface area contributed by atoms with Crippen LogP contribution in [0.1, 0.15) is 60.0 Å². The largest absolute Gasteiger partial charge is 0.492 e. The minimum atomic E-state index is -0.878. The maximum absolute atomic E-state index is 15.1. The Hall–Kier alpha value is -4.33. The molecular weight excluding hydrogens is 557 g/mol. The summed E-state index contributed by atoms with van der Waals surface area (Å²) in [6.45, 7) is 1.80. The highest BCUT2D eigenvalue weighted by Gasteiger charge is 2.34. The summed E-state index contributed by atoms with van der Waals surface area (Å²) in [6.07, 6.45) is 1.98. The second-order valence-electron chi connectivity index (χ2n) is 11.0. The molecule has 0 bridgehead atoms. The molecule has 3 aliphatic rings. The number of fused-ring (bicyclic) bond motifs is 2. The molecule has 0 saturated carbocycles. The quantitative estimate of drug-likeness (QED) is 0.300. The second-order valence-corrected chi connectivity index (χ2v) is 11.0. The van der Waals surface area contributed by atoms with E-state index in [1.807, 2.05) is 6.07 Å². The number of hydrogen-bond donors (Lipinski definition) is 1. The molecular formula is C33H32FNO8. The van der Waals surface area contributed by atoms with E-state index in [4.69, 9.17) is 33.5 Å². The standard InChI is InChI=1S/C33H32FNO8/c1-38-33(10-12-39-13-11-33)19-41-27-7-3-22(14-20(27)17-35)42-28-9-6-26(34)32-25(28)5-8-29(32)43-23-2-4-24-21(15-31(36)37)18-40-30(24)16-23/h2-4,6-7,9,14,16,21,29H,5,8,10-13,15,18-19H2,1H3,(H,36,37)/t21-,29-/m1/s1. The lowest BCUT2D eigenvalue weighted by atomic mass is 9.95. The van der Waals surface area contributed by atoms with Gasteiger partial charge in [0.05, 0.1) is 18.6 Å². The van der Waals surface area contributed by atoms with E-state index in [9.17, 15) is 10.1 Å². The van der Waals surface area contributed by atoms with E-state index in [2.05, 4.69) is 6.07 Å². The molecule has 6 rings (SSSR count). The highest BCUT2D eigenvalue weighted by Crippen LogP contribution is 2.44. The first-order valence-corrected chi connectivity index (χ1v) is 14.3. The van der Waals surface area contributed by atoms with Gasteiger partial charge in [-0.25, -0.2) is 4.39 Å². The van der Waals surface area contributed by atoms with Gasteiger partial charge in [-0.1, -0.05) is 6.07 Å². The first-order valence-electron chi connectivity index (χ1n) is 14.3. The van der Waals surface area contributed by atoms with Gasteiger partial charge in [-0.2, -0.15) is 5.26 Å². The van der Waals surface area contributed by atoms with Crippen molar-refractivity contribution in [3.63, 3.8) is 0 Å². The summed E-state index contributed by atoms with van der Waals surface area (Å²) < 4.78 is 50.4. The minimum Gasteiger partial charge on any atom is -0.492 e. The molecule has 3 aromatic carbocycles. The lowest BCUT2D eigenvalue weighted by Crippen LogP contribution is -2.43. The summed E-state index contributed by atoms with van der Waals surface area (Å²) in [5, 5.41) is 19.0. The molecule has 3 aromatic rings. The number of carbonyl (C=O) groups is 1. The Kier molecular flexibility index (Phi) is 8.10. The number of halogens is 1. The molecule has 0 aromatic heterocycles. The van der Waals surface area contributed by atoms with Crippen molar-refractivity contribution in [3.8, 4) is 34.8 Å². The number of nitrogens with zero attached hydrogens (tertiary/aromatic N) is 1. The van der Waals surface area contributed by atoms with Gasteiger partial charge < -0.3 is 33.5 Å². The number of ether oxygens (including phenoxy) is 6. The molecule has 2 aliphatic heterocycles. The van der Waals surface area contributed by atoms with Crippen LogP contribution < -0.4 is 18.9 Å². The SMILES string of the molecule is COC1(COc2ccc(Oc3ccc(F)c4c3CC[C@H]4Oc3ccc4c(c3)OC[C@H]4CC(=O)O)cc2C#N)CCOCC1. The van der Waals surface area contributed by atoms with Gasteiger partial charge in [0.15, 0.2) is 0 Å². The summed E-state index contributed by atoms with van der Waals surface area (Å²) in [6, 6.07) is 15.5. The first-order chi connectivity index (χ1) is 20.9. The molecule has 1 fully saturated rings. The highest BCUT2D eigenvalue weighted by atomic mass is 19.1. The normalized spacial score (nSPS) is 19.9. The van der Waals surface area contributed by atoms with Crippen molar-refractivity contribution < 1.29 is 42.7 Å². The monoisotopic (exact) mass is 589 g/mol. The van der Waals surface area contributed by atoms with Gasteiger partial charge in [0.1, 0.15) is 58.9 Å². The number of methoxy groups -OCH3 is 1. The molecule has 1 aliphatic carbocycles. The summed E-state index contributed by atoms with van der Waals surface area (Å²) >= 11 is 0. The average molecular weight is 590 g/mol. The van der Waals surface area contributed by atoms with Crippen LogP contribution in [0.4, 0.5) is 4.39 Å². The van der Waals surface area contributed by atoms with E-state index in [0.29, 0.717) is 97.5 Å². The van der Waals surface area contributed by atoms with Crippen LogP contribution in [0.25, 0.3) is 0 Å². The molecule has 0 radical (unpaired) electrons. The van der Waals surface area contributed by atoms with Gasteiger partial charge in [0, 0.05) is 67.9 Å². The zero-order valence-electron chi connectivity index (χ0n) is 23.8. The lowest BCUT2D eigenvalue weighted by molar-refractivity contribution is -0.137. The second kappa shape index (κ2) is 12.1. The molecule has 0 amide bonds. The van der Waals surface area contributed by atoms with E-state index in [1.165, 1.54) is 6.07 Å². The van der Waals surface area contributed by atoms with Crippen LogP contribution in [0.15, 0.2) is 48.5 Å². The predicted molar refractivity (Wildman–Crippen MR) is 152 cm³/mol. The average Bonchev–Trinajstić information content (AvgIpc) is 3.62. The Balaban J connectivity index is 1.16. The molecule has 2 heterocycles. The van der Waals surface area contributed by atoms with Crippen LogP contribution in [0, 0.1) is 17.1 Å². The Morgan fingerprint density at radius 1 is 1.12 bits per heavy atom. The van der Waals surface area contributed by atoms with Crippen LogP contribution in [0.5, 0.6) is 28.7 Å². The van der Waals surface area contributed by atoms with E-state index in [0.717, 1.165) is 5.56 Å². The Morgan fingerprint density at radius 2 is 1.91 bits per heavy atom. The van der Waals surface area contributed by atoms with Crippen LogP contribution in [0.3, 0.4) is 0 Å². The van der Waals surface area contributed by atoms with Crippen molar-refractivity contribution in [1.82, 2.24) is 0 Å². The highest BCUT2D eigenvalue weighted by molar-refractivity contribution is 5.69. The Bertz CT molecular complexity index is 1560. The van der Waals surface area contributed by atoms with Crippen molar-refractivity contribution in [1.29, 1.82) is 5.26 Å². The molecule has 1 N–H and O–H groups in total. The van der Waals surface area contributed by atoms with E-state index < -0.39 is 17.7 Å². The molecule has 0 spiro atoms. The number of aliphatic carboxylic acids is 1. The molecule has 10 heteroatoms. The van der Waals surface area contributed by atoms with E-state index in [-0.39, 0.29) is 18.2 Å². The van der Waals surface area contributed by atoms with Crippen molar-refractivity contribution in [2.45, 2.75) is 49.7 Å². The molecule has 224 valence electrons. The van der Waals surface area contributed by atoms with Crippen molar-refractivity contribution in [2.24, 2.45) is 0 Å². The maximum Gasteiger partial charge on any atom is 0.304 e. The van der Waals surface area contributed by atoms with Crippen LogP contribution >= 0.6 is 0 Å². The maximum atomic E-state index is 15.1. The van der Waals surface area contributed by atoms with Crippen LogP contribution in [-0.2, 0) is 20.7 Å². The van der Waals surface area contributed by atoms with E-state index in [1.54, 1.807) is 43.5 Å². The van der Waals surface area contributed by atoms with Crippen LogP contribution in [0.2, 0.25) is 0 Å². The summed E-state index contributed by atoms with van der Waals surface area (Å²) in [5.74, 6) is 0.997. The lowest BCUT2D eigenvalue weighted by Gasteiger charge is -2.35. The molecule has 2 atom stereocenters. The zero-order valence-corrected chi connectivity index (χ0v) is 23.8. The third-order valence-corrected chi connectivity index (χ3v) is 8.43. The van der Waals surface area contributed by atoms with Gasteiger partial charge in [-0.05, 0) is 43.2 Å². The minimum absolute atomic E-state index is 0.00679. The van der Waals surface area contributed by atoms with Crippen molar-refractivity contribution >= 4 is 5.97 Å². The molecule has 9 nitrogen and oxygen atoms in total. The predicted octanol–water partition coefficient (Wildman–Crippen LogP) is 6.08. The first kappa shape index (κ1) is 28.8. The third kappa shape index (κ3) is 5.96.